The Hall–Kier alpha value is -0.870. The molecular weight excluding hydrogens is 172 g/mol. The molecule has 0 aliphatic heterocycles. The molecule has 2 N–H and O–H groups in total. The molecule has 0 radical (unpaired) electrons. The van der Waals surface area contributed by atoms with Crippen LogP contribution in [-0.4, -0.2) is 11.5 Å². The molecule has 12 heavy (non-hydrogen) atoms. The Kier molecular flexibility index (Phi) is 3.25. The van der Waals surface area contributed by atoms with Crippen molar-refractivity contribution in [2.75, 3.05) is 6.54 Å². The summed E-state index contributed by atoms with van der Waals surface area (Å²) in [6.45, 7) is 7.21. The monoisotopic (exact) mass is 184 g/mol. The van der Waals surface area contributed by atoms with Crippen LogP contribution in [0.2, 0.25) is 0 Å². The number of hydrogen-bond donors (Lipinski definition) is 2. The lowest BCUT2D eigenvalue weighted by Crippen LogP contribution is -2.15. The minimum absolute atomic E-state index is 0.00197. The number of rotatable bonds is 4. The Bertz CT molecular complexity index is 313. The third-order valence-electron chi connectivity index (χ3n) is 1.31. The molecule has 0 unspecified atom stereocenters. The van der Waals surface area contributed by atoms with Gasteiger partial charge in [0.05, 0.1) is 0 Å². The first-order valence-corrected chi connectivity index (χ1v) is 4.58. The van der Waals surface area contributed by atoms with Crippen molar-refractivity contribution < 1.29 is 0 Å². The van der Waals surface area contributed by atoms with Crippen molar-refractivity contribution in [3.63, 3.8) is 0 Å². The Morgan fingerprint density at radius 3 is 3.08 bits per heavy atom. The van der Waals surface area contributed by atoms with Gasteiger partial charge in [0.25, 0.3) is 0 Å². The van der Waals surface area contributed by atoms with Crippen molar-refractivity contribution in [2.45, 2.75) is 13.5 Å². The van der Waals surface area contributed by atoms with E-state index in [4.69, 9.17) is 0 Å². The van der Waals surface area contributed by atoms with Crippen LogP contribution in [0.15, 0.2) is 22.3 Å². The topological polar surface area (TPSA) is 44.9 Å². The van der Waals surface area contributed by atoms with Crippen LogP contribution in [0.1, 0.15) is 12.6 Å². The first-order chi connectivity index (χ1) is 5.68. The molecule has 3 nitrogen and oxygen atoms in total. The highest BCUT2D eigenvalue weighted by Crippen LogP contribution is 1.94. The summed E-state index contributed by atoms with van der Waals surface area (Å²) in [7, 11) is 0. The van der Waals surface area contributed by atoms with Crippen molar-refractivity contribution in [3.05, 3.63) is 32.9 Å². The first-order valence-electron chi connectivity index (χ1n) is 3.70. The Morgan fingerprint density at radius 1 is 1.83 bits per heavy atom. The molecule has 0 spiro atoms. The van der Waals surface area contributed by atoms with E-state index in [1.54, 1.807) is 0 Å². The number of nitrogens with one attached hydrogen (secondary N) is 2. The van der Waals surface area contributed by atoms with Crippen molar-refractivity contribution in [3.8, 4) is 0 Å². The van der Waals surface area contributed by atoms with Gasteiger partial charge < -0.3 is 10.3 Å². The highest BCUT2D eigenvalue weighted by molar-refractivity contribution is 7.07. The predicted octanol–water partition coefficient (Wildman–Crippen LogP) is 1.10. The van der Waals surface area contributed by atoms with Crippen LogP contribution in [0.25, 0.3) is 0 Å². The van der Waals surface area contributed by atoms with Gasteiger partial charge in [0, 0.05) is 24.2 Å². The van der Waals surface area contributed by atoms with Crippen molar-refractivity contribution in [1.29, 1.82) is 0 Å². The van der Waals surface area contributed by atoms with Crippen LogP contribution in [0.4, 0.5) is 0 Å². The fourth-order valence-corrected chi connectivity index (χ4v) is 1.39. The molecule has 0 fully saturated rings. The quantitative estimate of drug-likeness (QED) is 0.688. The van der Waals surface area contributed by atoms with Gasteiger partial charge in [-0.05, 0) is 6.92 Å². The van der Waals surface area contributed by atoms with Crippen molar-refractivity contribution in [1.82, 2.24) is 10.3 Å². The van der Waals surface area contributed by atoms with E-state index in [0.717, 1.165) is 17.8 Å². The lowest BCUT2D eigenvalue weighted by atomic mass is 10.3. The van der Waals surface area contributed by atoms with Crippen LogP contribution in [0.3, 0.4) is 0 Å². The number of thiazole rings is 1. The summed E-state index contributed by atoms with van der Waals surface area (Å²) in [6, 6.07) is 0. The maximum absolute atomic E-state index is 10.7. The maximum Gasteiger partial charge on any atom is 0.304 e. The van der Waals surface area contributed by atoms with E-state index in [1.165, 1.54) is 11.3 Å². The van der Waals surface area contributed by atoms with Crippen LogP contribution in [-0.2, 0) is 6.54 Å². The van der Waals surface area contributed by atoms with Gasteiger partial charge in [-0.2, -0.15) is 0 Å². The second kappa shape index (κ2) is 4.23. The lowest BCUT2D eigenvalue weighted by molar-refractivity contribution is 0.726. The molecule has 0 aromatic carbocycles. The molecule has 0 saturated heterocycles. The molecule has 0 aliphatic rings. The lowest BCUT2D eigenvalue weighted by Gasteiger charge is -2.00. The molecule has 66 valence electrons. The molecular formula is C8H12N2OS. The summed E-state index contributed by atoms with van der Waals surface area (Å²) in [5, 5.41) is 4.98. The van der Waals surface area contributed by atoms with Crippen molar-refractivity contribution >= 4 is 11.3 Å². The minimum Gasteiger partial charge on any atom is -0.315 e. The average Bonchev–Trinajstić information content (AvgIpc) is 2.35. The molecule has 1 aromatic rings. The fraction of sp³-hybridized carbons (Fsp3) is 0.375. The summed E-state index contributed by atoms with van der Waals surface area (Å²) < 4.78 is 0. The van der Waals surface area contributed by atoms with Crippen LogP contribution in [0.5, 0.6) is 0 Å². The molecule has 0 amide bonds. The SMILES string of the molecule is C=C(C)CNCc1csc(=O)[nH]1. The normalized spacial score (nSPS) is 10.1. The number of aromatic amines is 1. The summed E-state index contributed by atoms with van der Waals surface area (Å²) in [5.41, 5.74) is 2.03. The van der Waals surface area contributed by atoms with E-state index in [2.05, 4.69) is 16.9 Å². The van der Waals surface area contributed by atoms with E-state index in [1.807, 2.05) is 12.3 Å². The predicted molar refractivity (Wildman–Crippen MR) is 51.5 cm³/mol. The van der Waals surface area contributed by atoms with Gasteiger partial charge in [-0.1, -0.05) is 23.5 Å². The molecule has 0 saturated carbocycles. The molecule has 1 heterocycles. The average molecular weight is 184 g/mol. The molecule has 0 bridgehead atoms. The van der Waals surface area contributed by atoms with Crippen LogP contribution < -0.4 is 10.2 Å². The summed E-state index contributed by atoms with van der Waals surface area (Å²) >= 11 is 1.19. The standard InChI is InChI=1S/C8H12N2OS/c1-6(2)3-9-4-7-5-12-8(11)10-7/h5,9H,1,3-4H2,2H3,(H,10,11). The summed E-state index contributed by atoms with van der Waals surface area (Å²) in [5.74, 6) is 0. The molecule has 0 aliphatic carbocycles. The minimum atomic E-state index is 0.00197. The van der Waals surface area contributed by atoms with Gasteiger partial charge in [0.2, 0.25) is 0 Å². The molecule has 1 aromatic heterocycles. The molecule has 1 rings (SSSR count). The van der Waals surface area contributed by atoms with E-state index in [0.29, 0.717) is 6.54 Å². The second-order valence-corrected chi connectivity index (χ2v) is 3.58. The summed E-state index contributed by atoms with van der Waals surface area (Å²) in [6.07, 6.45) is 0. The maximum atomic E-state index is 10.7. The molecule has 4 heteroatoms. The van der Waals surface area contributed by atoms with E-state index in [9.17, 15) is 4.79 Å². The smallest absolute Gasteiger partial charge is 0.304 e. The number of hydrogen-bond acceptors (Lipinski definition) is 3. The van der Waals surface area contributed by atoms with Crippen LogP contribution in [0, 0.1) is 0 Å². The van der Waals surface area contributed by atoms with Crippen LogP contribution >= 0.6 is 11.3 Å². The molecule has 0 atom stereocenters. The van der Waals surface area contributed by atoms with Gasteiger partial charge in [-0.15, -0.1) is 0 Å². The highest BCUT2D eigenvalue weighted by Gasteiger charge is 1.94. The van der Waals surface area contributed by atoms with Gasteiger partial charge in [0.1, 0.15) is 0 Å². The number of aromatic nitrogens is 1. The third kappa shape index (κ3) is 3.02. The second-order valence-electron chi connectivity index (χ2n) is 2.73. The zero-order valence-corrected chi connectivity index (χ0v) is 7.83. The van der Waals surface area contributed by atoms with E-state index in [-0.39, 0.29) is 4.87 Å². The van der Waals surface area contributed by atoms with E-state index >= 15 is 0 Å². The third-order valence-corrected chi connectivity index (χ3v) is 2.03. The first kappa shape index (κ1) is 9.22. The highest BCUT2D eigenvalue weighted by atomic mass is 32.1. The summed E-state index contributed by atoms with van der Waals surface area (Å²) in [4.78, 5) is 13.4. The largest absolute Gasteiger partial charge is 0.315 e. The fourth-order valence-electron chi connectivity index (χ4n) is 0.811. The van der Waals surface area contributed by atoms with Gasteiger partial charge >= 0.3 is 4.87 Å². The zero-order valence-electron chi connectivity index (χ0n) is 7.02. The number of H-pyrrole nitrogens is 1. The Balaban J connectivity index is 2.33. The van der Waals surface area contributed by atoms with Gasteiger partial charge in [0.15, 0.2) is 0 Å². The van der Waals surface area contributed by atoms with E-state index < -0.39 is 0 Å². The van der Waals surface area contributed by atoms with Gasteiger partial charge in [-0.3, -0.25) is 4.79 Å². The zero-order chi connectivity index (χ0) is 8.97. The Morgan fingerprint density at radius 2 is 2.58 bits per heavy atom. The van der Waals surface area contributed by atoms with Gasteiger partial charge in [-0.25, -0.2) is 0 Å². The van der Waals surface area contributed by atoms with Crippen molar-refractivity contribution in [2.24, 2.45) is 0 Å². The Labute approximate surface area is 75.1 Å².